The van der Waals surface area contributed by atoms with Crippen molar-refractivity contribution in [2.24, 2.45) is 0 Å². The maximum atomic E-state index is 13.0. The van der Waals surface area contributed by atoms with Crippen LogP contribution in [0.5, 0.6) is 0 Å². The van der Waals surface area contributed by atoms with Gasteiger partial charge in [-0.15, -0.1) is 0 Å². The van der Waals surface area contributed by atoms with Crippen molar-refractivity contribution in [3.8, 4) is 0 Å². The van der Waals surface area contributed by atoms with Crippen LogP contribution < -0.4 is 10.7 Å². The van der Waals surface area contributed by atoms with E-state index >= 15 is 0 Å². The summed E-state index contributed by atoms with van der Waals surface area (Å²) < 4.78 is 0. The standard InChI is InChI=1S/C25H26N4O5/c1-3-4-14-28-21(31)18-11-10-17(15-19(18)22(28)32)20(30)27-29-23(33)25(2,26-24(29)34)13-12-16-8-6-5-7-9-16/h5-11,15H,3-4,12-14H2,1-2H3,(H,26,34)(H,27,30)/t25-/m1/s1. The molecule has 2 N–H and O–H groups in total. The second kappa shape index (κ2) is 9.09. The Kier molecular flexibility index (Phi) is 6.19. The molecular formula is C25H26N4O5. The summed E-state index contributed by atoms with van der Waals surface area (Å²) in [6.07, 6.45) is 2.45. The van der Waals surface area contributed by atoms with Gasteiger partial charge in [-0.1, -0.05) is 43.7 Å². The zero-order valence-electron chi connectivity index (χ0n) is 19.1. The molecule has 1 fully saturated rings. The summed E-state index contributed by atoms with van der Waals surface area (Å²) in [7, 11) is 0. The van der Waals surface area contributed by atoms with Crippen molar-refractivity contribution in [1.29, 1.82) is 0 Å². The van der Waals surface area contributed by atoms with Crippen LogP contribution in [0.15, 0.2) is 48.5 Å². The Morgan fingerprint density at radius 3 is 2.41 bits per heavy atom. The minimum absolute atomic E-state index is 0.0655. The van der Waals surface area contributed by atoms with Crippen molar-refractivity contribution in [2.75, 3.05) is 6.54 Å². The monoisotopic (exact) mass is 462 g/mol. The number of hydrazine groups is 1. The number of hydrogen-bond donors (Lipinski definition) is 2. The number of hydrogen-bond acceptors (Lipinski definition) is 5. The Hall–Kier alpha value is -4.01. The van der Waals surface area contributed by atoms with E-state index in [1.807, 2.05) is 37.3 Å². The van der Waals surface area contributed by atoms with Gasteiger partial charge in [-0.3, -0.25) is 29.5 Å². The number of unbranched alkanes of at least 4 members (excludes halogenated alkanes) is 1. The lowest BCUT2D eigenvalue weighted by Crippen LogP contribution is -2.49. The predicted octanol–water partition coefficient (Wildman–Crippen LogP) is 2.67. The van der Waals surface area contributed by atoms with Gasteiger partial charge in [0.1, 0.15) is 5.54 Å². The average Bonchev–Trinajstić information content (AvgIpc) is 3.20. The van der Waals surface area contributed by atoms with E-state index in [2.05, 4.69) is 10.7 Å². The van der Waals surface area contributed by atoms with Gasteiger partial charge in [-0.05, 0) is 49.9 Å². The van der Waals surface area contributed by atoms with Crippen LogP contribution in [0.4, 0.5) is 4.79 Å². The molecule has 0 saturated carbocycles. The van der Waals surface area contributed by atoms with Gasteiger partial charge in [-0.2, -0.15) is 5.01 Å². The molecule has 1 saturated heterocycles. The summed E-state index contributed by atoms with van der Waals surface area (Å²) in [6, 6.07) is 13.0. The molecule has 2 heterocycles. The lowest BCUT2D eigenvalue weighted by molar-refractivity contribution is -0.132. The first-order valence-electron chi connectivity index (χ1n) is 11.3. The normalized spacial score (nSPS) is 19.5. The largest absolute Gasteiger partial charge is 0.344 e. The SMILES string of the molecule is CCCCN1C(=O)c2ccc(C(=O)NN3C(=O)N[C@](C)(CCc4ccccc4)C3=O)cc2C1=O. The molecule has 6 amide bonds. The molecule has 0 aliphatic carbocycles. The molecule has 2 aromatic carbocycles. The molecule has 0 radical (unpaired) electrons. The molecule has 9 nitrogen and oxygen atoms in total. The number of carbonyl (C=O) groups excluding carboxylic acids is 5. The third kappa shape index (κ3) is 4.16. The molecule has 0 aromatic heterocycles. The molecule has 0 unspecified atom stereocenters. The smallest absolute Gasteiger partial charge is 0.322 e. The topological polar surface area (TPSA) is 116 Å². The van der Waals surface area contributed by atoms with Crippen LogP contribution in [0, 0.1) is 0 Å². The fourth-order valence-corrected chi connectivity index (χ4v) is 4.11. The Balaban J connectivity index is 1.46. The fraction of sp³-hybridized carbons (Fsp3) is 0.320. The number of carbonyl (C=O) groups is 5. The van der Waals surface area contributed by atoms with E-state index in [1.54, 1.807) is 6.92 Å². The third-order valence-corrected chi connectivity index (χ3v) is 6.20. The molecule has 34 heavy (non-hydrogen) atoms. The van der Waals surface area contributed by atoms with E-state index in [9.17, 15) is 24.0 Å². The summed E-state index contributed by atoms with van der Waals surface area (Å²) in [4.78, 5) is 64.6. The number of benzene rings is 2. The van der Waals surface area contributed by atoms with Crippen LogP contribution in [0.2, 0.25) is 0 Å². The molecule has 1 atom stereocenters. The van der Waals surface area contributed by atoms with Gasteiger partial charge >= 0.3 is 6.03 Å². The number of rotatable bonds is 8. The highest BCUT2D eigenvalue weighted by Crippen LogP contribution is 2.25. The Labute approximate surface area is 197 Å². The van der Waals surface area contributed by atoms with E-state index in [1.165, 1.54) is 23.1 Å². The lowest BCUT2D eigenvalue weighted by Gasteiger charge is -2.21. The van der Waals surface area contributed by atoms with Gasteiger partial charge in [0.25, 0.3) is 23.6 Å². The molecule has 2 aliphatic heterocycles. The zero-order valence-corrected chi connectivity index (χ0v) is 19.1. The first-order valence-corrected chi connectivity index (χ1v) is 11.3. The molecule has 0 bridgehead atoms. The molecule has 2 aromatic rings. The number of nitrogens with one attached hydrogen (secondary N) is 2. The minimum atomic E-state index is -1.17. The van der Waals surface area contributed by atoms with Crippen molar-refractivity contribution < 1.29 is 24.0 Å². The maximum absolute atomic E-state index is 13.0. The van der Waals surface area contributed by atoms with Crippen molar-refractivity contribution >= 4 is 29.7 Å². The lowest BCUT2D eigenvalue weighted by atomic mass is 9.93. The van der Waals surface area contributed by atoms with Crippen LogP contribution >= 0.6 is 0 Å². The third-order valence-electron chi connectivity index (χ3n) is 6.20. The van der Waals surface area contributed by atoms with Crippen LogP contribution in [0.25, 0.3) is 0 Å². The van der Waals surface area contributed by atoms with Crippen LogP contribution in [-0.2, 0) is 11.2 Å². The molecule has 2 aliphatic rings. The molecule has 176 valence electrons. The number of amides is 6. The van der Waals surface area contributed by atoms with E-state index in [4.69, 9.17) is 0 Å². The Morgan fingerprint density at radius 1 is 1.00 bits per heavy atom. The highest BCUT2D eigenvalue weighted by atomic mass is 16.2. The van der Waals surface area contributed by atoms with Gasteiger partial charge in [0.15, 0.2) is 0 Å². The number of aryl methyl sites for hydroxylation is 1. The molecule has 0 spiro atoms. The molecular weight excluding hydrogens is 436 g/mol. The van der Waals surface area contributed by atoms with Crippen LogP contribution in [0.1, 0.15) is 69.7 Å². The van der Waals surface area contributed by atoms with Crippen molar-refractivity contribution in [2.45, 2.75) is 45.1 Å². The fourth-order valence-electron chi connectivity index (χ4n) is 4.11. The van der Waals surface area contributed by atoms with E-state index in [0.717, 1.165) is 12.0 Å². The van der Waals surface area contributed by atoms with E-state index < -0.39 is 29.3 Å². The first kappa shape index (κ1) is 23.2. The summed E-state index contributed by atoms with van der Waals surface area (Å²) in [5.41, 5.74) is 2.63. The number of imide groups is 2. The minimum Gasteiger partial charge on any atom is -0.322 e. The summed E-state index contributed by atoms with van der Waals surface area (Å²) >= 11 is 0. The van der Waals surface area contributed by atoms with Crippen molar-refractivity contribution in [3.63, 3.8) is 0 Å². The van der Waals surface area contributed by atoms with Gasteiger partial charge in [-0.25, -0.2) is 4.79 Å². The second-order valence-electron chi connectivity index (χ2n) is 8.71. The number of nitrogens with zero attached hydrogens (tertiary/aromatic N) is 2. The molecule has 4 rings (SSSR count). The van der Waals surface area contributed by atoms with Gasteiger partial charge in [0, 0.05) is 12.1 Å². The highest BCUT2D eigenvalue weighted by Gasteiger charge is 2.48. The summed E-state index contributed by atoms with van der Waals surface area (Å²) in [6.45, 7) is 3.89. The van der Waals surface area contributed by atoms with Crippen LogP contribution in [-0.4, -0.2) is 51.7 Å². The van der Waals surface area contributed by atoms with Gasteiger partial charge < -0.3 is 5.32 Å². The second-order valence-corrected chi connectivity index (χ2v) is 8.71. The Bertz CT molecular complexity index is 1180. The highest BCUT2D eigenvalue weighted by molar-refractivity contribution is 6.22. The molecule has 9 heteroatoms. The quantitative estimate of drug-likeness (QED) is 0.462. The number of fused-ring (bicyclic) bond motifs is 1. The number of urea groups is 1. The van der Waals surface area contributed by atoms with Gasteiger partial charge in [0.05, 0.1) is 11.1 Å². The predicted molar refractivity (Wildman–Crippen MR) is 123 cm³/mol. The maximum Gasteiger partial charge on any atom is 0.344 e. The summed E-state index contributed by atoms with van der Waals surface area (Å²) in [5.74, 6) is -2.14. The Morgan fingerprint density at radius 2 is 1.71 bits per heavy atom. The van der Waals surface area contributed by atoms with Crippen molar-refractivity contribution in [1.82, 2.24) is 20.7 Å². The first-order chi connectivity index (χ1) is 16.2. The average molecular weight is 463 g/mol. The van der Waals surface area contributed by atoms with Crippen LogP contribution in [0.3, 0.4) is 0 Å². The van der Waals surface area contributed by atoms with E-state index in [-0.39, 0.29) is 22.6 Å². The van der Waals surface area contributed by atoms with Crippen molar-refractivity contribution in [3.05, 3.63) is 70.8 Å². The summed E-state index contributed by atoms with van der Waals surface area (Å²) in [5, 5.41) is 3.32. The zero-order chi connectivity index (χ0) is 24.5. The van der Waals surface area contributed by atoms with E-state index in [0.29, 0.717) is 30.8 Å². The van der Waals surface area contributed by atoms with Gasteiger partial charge in [0.2, 0.25) is 0 Å².